The summed E-state index contributed by atoms with van der Waals surface area (Å²) in [4.78, 5) is 0. The van der Waals surface area contributed by atoms with Gasteiger partial charge in [-0.1, -0.05) is 63.2 Å². The van der Waals surface area contributed by atoms with Gasteiger partial charge in [0.05, 0.1) is 0 Å². The number of benzene rings is 2. The van der Waals surface area contributed by atoms with Gasteiger partial charge in [0.1, 0.15) is 0 Å². The molecule has 0 saturated carbocycles. The highest BCUT2D eigenvalue weighted by Gasteiger charge is 2.06. The van der Waals surface area contributed by atoms with Crippen molar-refractivity contribution >= 4 is 10.8 Å². The fourth-order valence-corrected chi connectivity index (χ4v) is 2.12. The van der Waals surface area contributed by atoms with Crippen LogP contribution in [0.5, 0.6) is 0 Å². The van der Waals surface area contributed by atoms with Crippen LogP contribution in [0.4, 0.5) is 0 Å². The summed E-state index contributed by atoms with van der Waals surface area (Å²) in [5.74, 6) is 1.46. The van der Waals surface area contributed by atoms with Crippen molar-refractivity contribution in [3.8, 4) is 0 Å². The summed E-state index contributed by atoms with van der Waals surface area (Å²) in [6.07, 6.45) is 0. The summed E-state index contributed by atoms with van der Waals surface area (Å²) >= 11 is 0. The molecule has 0 aliphatic rings. The lowest BCUT2D eigenvalue weighted by Gasteiger charge is -2.16. The molecule has 18 heavy (non-hydrogen) atoms. The monoisotopic (exact) mass is 241 g/mol. The van der Waals surface area contributed by atoms with E-state index in [4.69, 9.17) is 0 Å². The summed E-state index contributed by atoms with van der Waals surface area (Å²) in [6, 6.07) is 15.1. The second kappa shape index (κ2) is 6.01. The van der Waals surface area contributed by atoms with E-state index in [1.54, 1.807) is 0 Å². The van der Waals surface area contributed by atoms with Gasteiger partial charge in [-0.15, -0.1) is 0 Å². The molecular weight excluding hydrogens is 218 g/mol. The Bertz CT molecular complexity index is 496. The zero-order valence-corrected chi connectivity index (χ0v) is 11.6. The number of nitrogens with one attached hydrogen (secondary N) is 1. The van der Waals surface area contributed by atoms with Gasteiger partial charge in [-0.3, -0.25) is 0 Å². The third kappa shape index (κ3) is 3.11. The molecule has 96 valence electrons. The standard InChI is InChI=1S/C17H23N/c1-13(2)14(3)11-18-12-16-9-6-8-15-7-4-5-10-17(15)16/h4-10,13-14,18H,11-12H2,1-3H3. The van der Waals surface area contributed by atoms with Gasteiger partial charge in [0, 0.05) is 6.54 Å². The Hall–Kier alpha value is -1.34. The summed E-state index contributed by atoms with van der Waals surface area (Å²) in [5.41, 5.74) is 1.39. The molecule has 1 unspecified atom stereocenters. The van der Waals surface area contributed by atoms with Crippen LogP contribution in [0.25, 0.3) is 10.8 Å². The first-order valence-electron chi connectivity index (χ1n) is 6.86. The molecule has 0 heterocycles. The highest BCUT2D eigenvalue weighted by Crippen LogP contribution is 2.18. The Kier molecular flexibility index (Phi) is 4.38. The Morgan fingerprint density at radius 1 is 0.944 bits per heavy atom. The van der Waals surface area contributed by atoms with E-state index in [0.29, 0.717) is 0 Å². The molecule has 0 radical (unpaired) electrons. The topological polar surface area (TPSA) is 12.0 Å². The van der Waals surface area contributed by atoms with Crippen LogP contribution in [0, 0.1) is 11.8 Å². The number of fused-ring (bicyclic) bond motifs is 1. The van der Waals surface area contributed by atoms with Gasteiger partial charge in [-0.05, 0) is 34.7 Å². The summed E-state index contributed by atoms with van der Waals surface area (Å²) in [7, 11) is 0. The van der Waals surface area contributed by atoms with Crippen molar-refractivity contribution in [2.24, 2.45) is 11.8 Å². The fourth-order valence-electron chi connectivity index (χ4n) is 2.12. The van der Waals surface area contributed by atoms with Crippen LogP contribution < -0.4 is 5.32 Å². The van der Waals surface area contributed by atoms with E-state index in [-0.39, 0.29) is 0 Å². The second-order valence-electron chi connectivity index (χ2n) is 5.49. The predicted octanol–water partition coefficient (Wildman–Crippen LogP) is 4.22. The van der Waals surface area contributed by atoms with Gasteiger partial charge < -0.3 is 5.32 Å². The van der Waals surface area contributed by atoms with Crippen molar-refractivity contribution in [3.63, 3.8) is 0 Å². The van der Waals surface area contributed by atoms with Crippen molar-refractivity contribution in [2.75, 3.05) is 6.54 Å². The van der Waals surface area contributed by atoms with Gasteiger partial charge in [0.25, 0.3) is 0 Å². The molecule has 1 atom stereocenters. The predicted molar refractivity (Wildman–Crippen MR) is 79.7 cm³/mol. The van der Waals surface area contributed by atoms with Crippen molar-refractivity contribution in [2.45, 2.75) is 27.3 Å². The molecule has 1 N–H and O–H groups in total. The Morgan fingerprint density at radius 3 is 2.44 bits per heavy atom. The highest BCUT2D eigenvalue weighted by molar-refractivity contribution is 5.85. The van der Waals surface area contributed by atoms with E-state index in [2.05, 4.69) is 68.6 Å². The first-order chi connectivity index (χ1) is 8.68. The molecule has 0 aliphatic carbocycles. The molecule has 1 heteroatoms. The lowest BCUT2D eigenvalue weighted by molar-refractivity contribution is 0.393. The summed E-state index contributed by atoms with van der Waals surface area (Å²) in [6.45, 7) is 8.91. The quantitative estimate of drug-likeness (QED) is 0.826. The maximum absolute atomic E-state index is 3.57. The highest BCUT2D eigenvalue weighted by atomic mass is 14.9. The Labute approximate surface area is 110 Å². The van der Waals surface area contributed by atoms with Crippen molar-refractivity contribution < 1.29 is 0 Å². The average molecular weight is 241 g/mol. The minimum absolute atomic E-state index is 0.722. The van der Waals surface area contributed by atoms with E-state index in [1.807, 2.05) is 0 Å². The molecule has 0 spiro atoms. The molecule has 0 fully saturated rings. The maximum Gasteiger partial charge on any atom is 0.0211 e. The largest absolute Gasteiger partial charge is 0.312 e. The minimum atomic E-state index is 0.722. The van der Waals surface area contributed by atoms with Crippen LogP contribution in [0.1, 0.15) is 26.3 Å². The van der Waals surface area contributed by atoms with Crippen molar-refractivity contribution in [3.05, 3.63) is 48.0 Å². The van der Waals surface area contributed by atoms with Gasteiger partial charge in [-0.25, -0.2) is 0 Å². The van der Waals surface area contributed by atoms with Gasteiger partial charge >= 0.3 is 0 Å². The van der Waals surface area contributed by atoms with Crippen LogP contribution in [-0.4, -0.2) is 6.54 Å². The molecule has 0 aliphatic heterocycles. The summed E-state index contributed by atoms with van der Waals surface area (Å²) < 4.78 is 0. The van der Waals surface area contributed by atoms with Crippen LogP contribution >= 0.6 is 0 Å². The Balaban J connectivity index is 2.04. The van der Waals surface area contributed by atoms with Crippen LogP contribution in [-0.2, 0) is 6.54 Å². The normalized spacial score (nSPS) is 13.1. The molecule has 2 aromatic carbocycles. The molecule has 0 amide bonds. The van der Waals surface area contributed by atoms with E-state index < -0.39 is 0 Å². The zero-order valence-electron chi connectivity index (χ0n) is 11.6. The van der Waals surface area contributed by atoms with Crippen molar-refractivity contribution in [1.29, 1.82) is 0 Å². The first-order valence-corrected chi connectivity index (χ1v) is 6.86. The first kappa shape index (κ1) is 13.1. The number of hydrogen-bond donors (Lipinski definition) is 1. The molecule has 0 saturated heterocycles. The average Bonchev–Trinajstić information content (AvgIpc) is 2.38. The minimum Gasteiger partial charge on any atom is -0.312 e. The summed E-state index contributed by atoms with van der Waals surface area (Å²) in [5, 5.41) is 6.27. The molecule has 0 bridgehead atoms. The van der Waals surface area contributed by atoms with E-state index in [0.717, 1.165) is 24.9 Å². The van der Waals surface area contributed by atoms with Crippen LogP contribution in [0.3, 0.4) is 0 Å². The molecule has 1 nitrogen and oxygen atoms in total. The van der Waals surface area contributed by atoms with Gasteiger partial charge in [0.2, 0.25) is 0 Å². The fraction of sp³-hybridized carbons (Fsp3) is 0.412. The molecule has 2 rings (SSSR count). The van der Waals surface area contributed by atoms with Crippen LogP contribution in [0.15, 0.2) is 42.5 Å². The molecule has 0 aromatic heterocycles. The van der Waals surface area contributed by atoms with E-state index >= 15 is 0 Å². The van der Waals surface area contributed by atoms with Gasteiger partial charge in [-0.2, -0.15) is 0 Å². The van der Waals surface area contributed by atoms with Gasteiger partial charge in [0.15, 0.2) is 0 Å². The third-order valence-electron chi connectivity index (χ3n) is 3.80. The number of hydrogen-bond acceptors (Lipinski definition) is 1. The molecular formula is C17H23N. The van der Waals surface area contributed by atoms with E-state index in [9.17, 15) is 0 Å². The third-order valence-corrected chi connectivity index (χ3v) is 3.80. The smallest absolute Gasteiger partial charge is 0.0211 e. The van der Waals surface area contributed by atoms with E-state index in [1.165, 1.54) is 16.3 Å². The SMILES string of the molecule is CC(C)C(C)CNCc1cccc2ccccc12. The number of rotatable bonds is 5. The lowest BCUT2D eigenvalue weighted by atomic mass is 9.98. The zero-order chi connectivity index (χ0) is 13.0. The maximum atomic E-state index is 3.57. The van der Waals surface area contributed by atoms with Crippen LogP contribution in [0.2, 0.25) is 0 Å². The lowest BCUT2D eigenvalue weighted by Crippen LogP contribution is -2.23. The molecule has 2 aromatic rings. The second-order valence-corrected chi connectivity index (χ2v) is 5.49. The van der Waals surface area contributed by atoms with Crippen molar-refractivity contribution in [1.82, 2.24) is 5.32 Å². The Morgan fingerprint density at radius 2 is 1.67 bits per heavy atom.